The molecule has 0 saturated heterocycles. The first-order valence-corrected chi connectivity index (χ1v) is 20.6. The van der Waals surface area contributed by atoms with Crippen LogP contribution in [-0.2, 0) is 0 Å². The van der Waals surface area contributed by atoms with Crippen LogP contribution < -0.4 is 0 Å². The highest BCUT2D eigenvalue weighted by Gasteiger charge is 2.19. The van der Waals surface area contributed by atoms with Gasteiger partial charge in [-0.3, -0.25) is 0 Å². The number of nitrogens with zero attached hydrogens (tertiary/aromatic N) is 3. The number of hydrogen-bond acceptors (Lipinski definition) is 4. The van der Waals surface area contributed by atoms with Crippen molar-refractivity contribution in [1.29, 1.82) is 0 Å². The Morgan fingerprint density at radius 3 is 1.51 bits per heavy atom. The molecule has 0 fully saturated rings. The molecule has 61 heavy (non-hydrogen) atoms. The van der Waals surface area contributed by atoms with E-state index in [1.165, 1.54) is 27.3 Å². The molecule has 284 valence electrons. The molecule has 12 rings (SSSR count). The highest BCUT2D eigenvalue weighted by atomic mass is 16.3. The zero-order valence-electron chi connectivity index (χ0n) is 33.0. The van der Waals surface area contributed by atoms with Crippen molar-refractivity contribution in [2.75, 3.05) is 0 Å². The second kappa shape index (κ2) is 14.3. The summed E-state index contributed by atoms with van der Waals surface area (Å²) in [6.07, 6.45) is 0. The van der Waals surface area contributed by atoms with E-state index < -0.39 is 0 Å². The van der Waals surface area contributed by atoms with Crippen LogP contribution in [0.5, 0.6) is 0 Å². The van der Waals surface area contributed by atoms with E-state index >= 15 is 0 Å². The summed E-state index contributed by atoms with van der Waals surface area (Å²) in [4.78, 5) is 15.5. The Balaban J connectivity index is 0.977. The van der Waals surface area contributed by atoms with E-state index in [4.69, 9.17) is 19.4 Å². The van der Waals surface area contributed by atoms with Gasteiger partial charge in [-0.15, -0.1) is 0 Å². The van der Waals surface area contributed by atoms with Crippen LogP contribution in [0, 0.1) is 0 Å². The predicted molar refractivity (Wildman–Crippen MR) is 252 cm³/mol. The number of rotatable bonds is 6. The van der Waals surface area contributed by atoms with E-state index in [-0.39, 0.29) is 0 Å². The van der Waals surface area contributed by atoms with Crippen molar-refractivity contribution >= 4 is 54.3 Å². The average molecular weight is 778 g/mol. The van der Waals surface area contributed by atoms with Gasteiger partial charge in [-0.1, -0.05) is 188 Å². The van der Waals surface area contributed by atoms with Gasteiger partial charge in [0, 0.05) is 33.0 Å². The van der Waals surface area contributed by atoms with Gasteiger partial charge in [0.15, 0.2) is 17.5 Å². The Morgan fingerprint density at radius 1 is 0.279 bits per heavy atom. The smallest absolute Gasteiger partial charge is 0.164 e. The lowest BCUT2D eigenvalue weighted by Crippen LogP contribution is -2.00. The quantitative estimate of drug-likeness (QED) is 0.169. The zero-order valence-corrected chi connectivity index (χ0v) is 33.0. The molecule has 0 aliphatic carbocycles. The molecule has 4 nitrogen and oxygen atoms in total. The van der Waals surface area contributed by atoms with Gasteiger partial charge in [0.25, 0.3) is 0 Å². The maximum Gasteiger partial charge on any atom is 0.164 e. The molecular formula is C57H35N3O. The van der Waals surface area contributed by atoms with Gasteiger partial charge in [0.1, 0.15) is 11.2 Å². The first-order chi connectivity index (χ1) is 30.2. The molecule has 0 spiro atoms. The summed E-state index contributed by atoms with van der Waals surface area (Å²) in [5.41, 5.74) is 11.3. The maximum absolute atomic E-state index is 6.74. The molecule has 10 aromatic carbocycles. The zero-order chi connectivity index (χ0) is 40.3. The largest absolute Gasteiger partial charge is 0.455 e. The van der Waals surface area contributed by atoms with Crippen LogP contribution in [0.4, 0.5) is 0 Å². The van der Waals surface area contributed by atoms with E-state index in [1.807, 2.05) is 6.07 Å². The molecule has 0 radical (unpaired) electrons. The number of aromatic nitrogens is 3. The Labute approximate surface area is 352 Å². The maximum atomic E-state index is 6.74. The molecule has 0 aliphatic heterocycles. The Morgan fingerprint density at radius 2 is 0.787 bits per heavy atom. The van der Waals surface area contributed by atoms with Crippen molar-refractivity contribution in [3.05, 3.63) is 212 Å². The molecule has 0 saturated carbocycles. The summed E-state index contributed by atoms with van der Waals surface area (Å²) in [5, 5.41) is 9.06. The second-order valence-electron chi connectivity index (χ2n) is 15.6. The molecule has 0 amide bonds. The van der Waals surface area contributed by atoms with Gasteiger partial charge in [0.2, 0.25) is 0 Å². The second-order valence-corrected chi connectivity index (χ2v) is 15.6. The fourth-order valence-electron chi connectivity index (χ4n) is 8.81. The minimum Gasteiger partial charge on any atom is -0.455 e. The third-order valence-electron chi connectivity index (χ3n) is 11.9. The van der Waals surface area contributed by atoms with E-state index in [0.29, 0.717) is 17.5 Å². The third-order valence-corrected chi connectivity index (χ3v) is 11.9. The van der Waals surface area contributed by atoms with E-state index in [0.717, 1.165) is 77.0 Å². The SMILES string of the molecule is c1ccc(-c2ccc(-c3nc(-c4ccc5ccccc5c4)nc(-c4cccc5c4ccc4oc6c(-c7ccc(-c8ccc9ccccc9c8)cc7)cccc6c45)n3)cc2)cc1. The van der Waals surface area contributed by atoms with Crippen molar-refractivity contribution in [3.63, 3.8) is 0 Å². The molecule has 0 aliphatic rings. The van der Waals surface area contributed by atoms with Gasteiger partial charge in [-0.2, -0.15) is 0 Å². The molecule has 0 N–H and O–H groups in total. The lowest BCUT2D eigenvalue weighted by atomic mass is 9.96. The summed E-state index contributed by atoms with van der Waals surface area (Å²) >= 11 is 0. The summed E-state index contributed by atoms with van der Waals surface area (Å²) in [5.74, 6) is 1.86. The minimum absolute atomic E-state index is 0.616. The van der Waals surface area contributed by atoms with Gasteiger partial charge < -0.3 is 4.42 Å². The van der Waals surface area contributed by atoms with Crippen LogP contribution in [0.15, 0.2) is 217 Å². The van der Waals surface area contributed by atoms with Crippen LogP contribution >= 0.6 is 0 Å². The van der Waals surface area contributed by atoms with Gasteiger partial charge in [0.05, 0.1) is 0 Å². The van der Waals surface area contributed by atoms with E-state index in [9.17, 15) is 0 Å². The standard InChI is InChI=1S/C57H35N3O/c1-2-10-36(11-3-1)39-22-28-42(29-23-39)55-58-56(46-31-25-38-13-5-7-15-44(38)35-46)60-57(59-55)50-18-9-17-49-48(50)32-33-52-53(49)51-19-8-16-47(54(51)61-52)41-26-20-40(21-27-41)45-30-24-37-12-4-6-14-43(37)34-45/h1-35H. The third kappa shape index (κ3) is 6.12. The van der Waals surface area contributed by atoms with Crippen molar-refractivity contribution < 1.29 is 4.42 Å². The Hall–Kier alpha value is -8.21. The monoisotopic (exact) mass is 777 g/mol. The summed E-state index contributed by atoms with van der Waals surface area (Å²) in [6.45, 7) is 0. The van der Waals surface area contributed by atoms with Crippen molar-refractivity contribution in [2.24, 2.45) is 0 Å². The normalized spacial score (nSPS) is 11.6. The highest BCUT2D eigenvalue weighted by molar-refractivity contribution is 6.22. The molecule has 0 unspecified atom stereocenters. The number of fused-ring (bicyclic) bond motifs is 7. The van der Waals surface area contributed by atoms with Crippen LogP contribution in [0.1, 0.15) is 0 Å². The number of benzene rings is 10. The van der Waals surface area contributed by atoms with Gasteiger partial charge >= 0.3 is 0 Å². The Bertz CT molecular complexity index is 3630. The highest BCUT2D eigenvalue weighted by Crippen LogP contribution is 2.42. The summed E-state index contributed by atoms with van der Waals surface area (Å²) in [7, 11) is 0. The van der Waals surface area contributed by atoms with E-state index in [1.54, 1.807) is 0 Å². The van der Waals surface area contributed by atoms with Gasteiger partial charge in [-0.25, -0.2) is 15.0 Å². The molecule has 12 aromatic rings. The first kappa shape index (κ1) is 34.8. The van der Waals surface area contributed by atoms with E-state index in [2.05, 4.69) is 206 Å². The lowest BCUT2D eigenvalue weighted by Gasteiger charge is -2.11. The first-order valence-electron chi connectivity index (χ1n) is 20.6. The molecule has 4 heteroatoms. The average Bonchev–Trinajstić information content (AvgIpc) is 3.73. The van der Waals surface area contributed by atoms with Crippen LogP contribution in [0.3, 0.4) is 0 Å². The lowest BCUT2D eigenvalue weighted by molar-refractivity contribution is 0.670. The fraction of sp³-hybridized carbons (Fsp3) is 0. The van der Waals surface area contributed by atoms with Crippen molar-refractivity contribution in [3.8, 4) is 67.5 Å². The number of hydrogen-bond donors (Lipinski definition) is 0. The topological polar surface area (TPSA) is 51.8 Å². The molecule has 0 atom stereocenters. The van der Waals surface area contributed by atoms with Crippen LogP contribution in [0.25, 0.3) is 122 Å². The Kier molecular flexibility index (Phi) is 8.13. The summed E-state index contributed by atoms with van der Waals surface area (Å²) < 4.78 is 6.74. The van der Waals surface area contributed by atoms with Crippen LogP contribution in [-0.4, -0.2) is 15.0 Å². The number of para-hydroxylation sites is 1. The van der Waals surface area contributed by atoms with Crippen molar-refractivity contribution in [1.82, 2.24) is 15.0 Å². The molecule has 0 bridgehead atoms. The predicted octanol–water partition coefficient (Wildman–Crippen LogP) is 15.2. The minimum atomic E-state index is 0.616. The van der Waals surface area contributed by atoms with Crippen LogP contribution in [0.2, 0.25) is 0 Å². The molecule has 2 heterocycles. The molecule has 2 aromatic heterocycles. The molecular weight excluding hydrogens is 743 g/mol. The fourth-order valence-corrected chi connectivity index (χ4v) is 8.81. The number of furan rings is 1. The summed E-state index contributed by atoms with van der Waals surface area (Å²) in [6, 6.07) is 74.6. The van der Waals surface area contributed by atoms with Crippen molar-refractivity contribution in [2.45, 2.75) is 0 Å². The van der Waals surface area contributed by atoms with Gasteiger partial charge in [-0.05, 0) is 84.4 Å².